The first-order valence-electron chi connectivity index (χ1n) is 12.9. The number of pyridine rings is 1. The average molecular weight is 537 g/mol. The third-order valence-corrected chi connectivity index (χ3v) is 6.96. The van der Waals surface area contributed by atoms with Gasteiger partial charge in [0.15, 0.2) is 11.4 Å². The van der Waals surface area contributed by atoms with Crippen molar-refractivity contribution in [3.63, 3.8) is 0 Å². The molecular weight excluding hydrogens is 508 g/mol. The molecule has 2 aromatic carbocycles. The van der Waals surface area contributed by atoms with Gasteiger partial charge in [0, 0.05) is 44.1 Å². The summed E-state index contributed by atoms with van der Waals surface area (Å²) in [4.78, 5) is 29.3. The molecular formula is C29H28N8O3. The summed E-state index contributed by atoms with van der Waals surface area (Å²) in [6.45, 7) is 8.18. The molecule has 0 spiro atoms. The second kappa shape index (κ2) is 10.5. The lowest BCUT2D eigenvalue weighted by Gasteiger charge is -2.36. The zero-order chi connectivity index (χ0) is 27.6. The minimum absolute atomic E-state index is 0.0480. The number of fused-ring (bicyclic) bond motifs is 2. The van der Waals surface area contributed by atoms with Crippen molar-refractivity contribution in [2.45, 2.75) is 6.92 Å². The van der Waals surface area contributed by atoms with Crippen molar-refractivity contribution >= 4 is 39.6 Å². The quantitative estimate of drug-likeness (QED) is 0.303. The molecule has 11 nitrogen and oxygen atoms in total. The normalized spacial score (nSPS) is 13.4. The second-order valence-electron chi connectivity index (χ2n) is 9.38. The lowest BCUT2D eigenvalue weighted by atomic mass is 10.1. The predicted molar refractivity (Wildman–Crippen MR) is 153 cm³/mol. The molecule has 1 aliphatic rings. The molecule has 0 aliphatic carbocycles. The van der Waals surface area contributed by atoms with Gasteiger partial charge in [0.05, 0.1) is 23.7 Å². The topological polar surface area (TPSA) is 110 Å². The number of nitrogens with zero attached hydrogens (tertiary/aromatic N) is 7. The van der Waals surface area contributed by atoms with Crippen molar-refractivity contribution in [1.82, 2.24) is 29.5 Å². The van der Waals surface area contributed by atoms with Gasteiger partial charge in [-0.15, -0.1) is 0 Å². The summed E-state index contributed by atoms with van der Waals surface area (Å²) in [5.74, 6) is 2.68. The van der Waals surface area contributed by atoms with Gasteiger partial charge in [0.2, 0.25) is 5.91 Å². The van der Waals surface area contributed by atoms with Crippen molar-refractivity contribution in [2.75, 3.05) is 43.5 Å². The molecule has 0 bridgehead atoms. The summed E-state index contributed by atoms with van der Waals surface area (Å²) < 4.78 is 13.7. The number of carbonyl (C=O) groups excluding carboxylic acids is 1. The summed E-state index contributed by atoms with van der Waals surface area (Å²) in [5.41, 5.74) is 4.21. The molecule has 1 aliphatic heterocycles. The standard InChI is InChI=1S/C29H28N8O3/c1-4-26(38)36-13-11-35(12-14-36)23-7-6-22-27(28(23)39-3)29(32-17-30-22)34-20-5-8-24(19(2)15-20)40-21-9-10-37-25(16-21)31-18-33-37/h4-10,15-18H,1,11-14H2,2-3H3,(H,30,32,34). The highest BCUT2D eigenvalue weighted by Gasteiger charge is 2.24. The zero-order valence-corrected chi connectivity index (χ0v) is 22.2. The maximum atomic E-state index is 12.0. The fourth-order valence-electron chi connectivity index (χ4n) is 4.92. The predicted octanol–water partition coefficient (Wildman–Crippen LogP) is 4.36. The molecule has 4 heterocycles. The lowest BCUT2D eigenvalue weighted by molar-refractivity contribution is -0.126. The van der Waals surface area contributed by atoms with Gasteiger partial charge in [-0.3, -0.25) is 4.79 Å². The fraction of sp³-hybridized carbons (Fsp3) is 0.207. The first-order chi connectivity index (χ1) is 19.5. The van der Waals surface area contributed by atoms with Gasteiger partial charge in [0.1, 0.15) is 30.0 Å². The van der Waals surface area contributed by atoms with Crippen molar-refractivity contribution in [1.29, 1.82) is 0 Å². The number of hydrogen-bond donors (Lipinski definition) is 1. The molecule has 3 aromatic heterocycles. The van der Waals surface area contributed by atoms with Crippen LogP contribution in [0.4, 0.5) is 17.2 Å². The monoisotopic (exact) mass is 536 g/mol. The van der Waals surface area contributed by atoms with Gasteiger partial charge in [-0.25, -0.2) is 19.5 Å². The molecule has 0 atom stereocenters. The van der Waals surface area contributed by atoms with E-state index in [-0.39, 0.29) is 5.91 Å². The van der Waals surface area contributed by atoms with Crippen LogP contribution in [0.2, 0.25) is 0 Å². The summed E-state index contributed by atoms with van der Waals surface area (Å²) in [7, 11) is 1.65. The zero-order valence-electron chi connectivity index (χ0n) is 22.2. The molecule has 1 amide bonds. The molecule has 0 saturated carbocycles. The van der Waals surface area contributed by atoms with Crippen LogP contribution >= 0.6 is 0 Å². The van der Waals surface area contributed by atoms with Gasteiger partial charge in [0.25, 0.3) is 0 Å². The number of ether oxygens (including phenoxy) is 2. The van der Waals surface area contributed by atoms with Crippen LogP contribution in [0.5, 0.6) is 17.2 Å². The molecule has 6 rings (SSSR count). The third-order valence-electron chi connectivity index (χ3n) is 6.96. The molecule has 0 unspecified atom stereocenters. The van der Waals surface area contributed by atoms with E-state index in [9.17, 15) is 4.79 Å². The van der Waals surface area contributed by atoms with Gasteiger partial charge in [-0.1, -0.05) is 6.58 Å². The van der Waals surface area contributed by atoms with Crippen LogP contribution in [0.25, 0.3) is 16.6 Å². The third kappa shape index (κ3) is 4.73. The number of hydrogen-bond acceptors (Lipinski definition) is 9. The van der Waals surface area contributed by atoms with E-state index in [2.05, 4.69) is 36.8 Å². The molecule has 1 saturated heterocycles. The highest BCUT2D eigenvalue weighted by atomic mass is 16.5. The Hall–Kier alpha value is -5.19. The number of benzene rings is 2. The molecule has 202 valence electrons. The number of nitrogens with one attached hydrogen (secondary N) is 1. The van der Waals surface area contributed by atoms with E-state index < -0.39 is 0 Å². The lowest BCUT2D eigenvalue weighted by Crippen LogP contribution is -2.48. The molecule has 11 heteroatoms. The van der Waals surface area contributed by atoms with E-state index in [0.29, 0.717) is 49.1 Å². The number of rotatable bonds is 7. The van der Waals surface area contributed by atoms with Crippen LogP contribution in [-0.2, 0) is 4.79 Å². The van der Waals surface area contributed by atoms with Gasteiger partial charge < -0.3 is 24.6 Å². The van der Waals surface area contributed by atoms with Crippen LogP contribution in [-0.4, -0.2) is 68.7 Å². The van der Waals surface area contributed by atoms with E-state index in [1.165, 1.54) is 18.7 Å². The van der Waals surface area contributed by atoms with E-state index in [0.717, 1.165) is 33.6 Å². The van der Waals surface area contributed by atoms with Gasteiger partial charge in [-0.2, -0.15) is 5.10 Å². The minimum Gasteiger partial charge on any atom is -0.494 e. The number of anilines is 3. The number of aromatic nitrogens is 5. The van der Waals surface area contributed by atoms with Crippen molar-refractivity contribution in [3.05, 3.63) is 79.5 Å². The molecule has 0 radical (unpaired) electrons. The van der Waals surface area contributed by atoms with E-state index >= 15 is 0 Å². The first kappa shape index (κ1) is 25.1. The highest BCUT2D eigenvalue weighted by Crippen LogP contribution is 2.40. The molecule has 1 fully saturated rings. The number of aryl methyl sites for hydroxylation is 1. The number of carbonyl (C=O) groups is 1. The fourth-order valence-corrected chi connectivity index (χ4v) is 4.92. The van der Waals surface area contributed by atoms with Crippen LogP contribution in [0.15, 0.2) is 74.0 Å². The Balaban J connectivity index is 1.26. The Morgan fingerprint density at radius 3 is 2.65 bits per heavy atom. The van der Waals surface area contributed by atoms with E-state index in [4.69, 9.17) is 9.47 Å². The molecule has 5 aromatic rings. The van der Waals surface area contributed by atoms with E-state index in [1.54, 1.807) is 16.5 Å². The summed E-state index contributed by atoms with van der Waals surface area (Å²) in [6.07, 6.45) is 6.21. The Kier molecular flexibility index (Phi) is 6.61. The maximum absolute atomic E-state index is 12.0. The van der Waals surface area contributed by atoms with Gasteiger partial charge >= 0.3 is 0 Å². The average Bonchev–Trinajstić information content (AvgIpc) is 3.46. The Morgan fingerprint density at radius 2 is 1.88 bits per heavy atom. The minimum atomic E-state index is -0.0480. The molecule has 40 heavy (non-hydrogen) atoms. The second-order valence-corrected chi connectivity index (χ2v) is 9.38. The van der Waals surface area contributed by atoms with Crippen molar-refractivity contribution in [2.24, 2.45) is 0 Å². The van der Waals surface area contributed by atoms with Gasteiger partial charge in [-0.05, 0) is 55.0 Å². The molecule has 1 N–H and O–H groups in total. The SMILES string of the molecule is C=CC(=O)N1CCN(c2ccc3ncnc(Nc4ccc(Oc5ccn6ncnc6c5)c(C)c4)c3c2OC)CC1. The van der Waals surface area contributed by atoms with Crippen molar-refractivity contribution < 1.29 is 14.3 Å². The number of methoxy groups -OCH3 is 1. The maximum Gasteiger partial charge on any atom is 0.246 e. The van der Waals surface area contributed by atoms with Crippen LogP contribution in [0.1, 0.15) is 5.56 Å². The summed E-state index contributed by atoms with van der Waals surface area (Å²) >= 11 is 0. The highest BCUT2D eigenvalue weighted by molar-refractivity contribution is 6.00. The van der Waals surface area contributed by atoms with Crippen LogP contribution < -0.4 is 19.7 Å². The number of piperazine rings is 1. The summed E-state index contributed by atoms with van der Waals surface area (Å²) in [5, 5.41) is 8.34. The Labute approximate surface area is 230 Å². The first-order valence-corrected chi connectivity index (χ1v) is 12.9. The van der Waals surface area contributed by atoms with Crippen molar-refractivity contribution in [3.8, 4) is 17.2 Å². The van der Waals surface area contributed by atoms with Crippen LogP contribution in [0, 0.1) is 6.92 Å². The number of amides is 1. The van der Waals surface area contributed by atoms with Crippen LogP contribution in [0.3, 0.4) is 0 Å². The summed E-state index contributed by atoms with van der Waals surface area (Å²) in [6, 6.07) is 13.5. The largest absolute Gasteiger partial charge is 0.494 e. The Morgan fingerprint density at radius 1 is 1.02 bits per heavy atom. The van der Waals surface area contributed by atoms with E-state index in [1.807, 2.05) is 55.6 Å². The Bertz CT molecular complexity index is 1730. The smallest absolute Gasteiger partial charge is 0.246 e.